The number of ether oxygens (including phenoxy) is 2. The molecule has 5 nitrogen and oxygen atoms in total. The maximum absolute atomic E-state index is 5.73. The largest absolute Gasteiger partial charge is 0.381 e. The van der Waals surface area contributed by atoms with Crippen LogP contribution in [0.25, 0.3) is 0 Å². The fourth-order valence-corrected chi connectivity index (χ4v) is 3.84. The van der Waals surface area contributed by atoms with E-state index < -0.39 is 0 Å². The summed E-state index contributed by atoms with van der Waals surface area (Å²) in [7, 11) is 0. The average molecular weight is 495 g/mol. The molecule has 1 aromatic heterocycles. The molecule has 2 atom stereocenters. The van der Waals surface area contributed by atoms with Gasteiger partial charge in [-0.3, -0.25) is 4.99 Å². The van der Waals surface area contributed by atoms with Crippen molar-refractivity contribution >= 4 is 41.3 Å². The lowest BCUT2D eigenvalue weighted by Gasteiger charge is -2.17. The maximum atomic E-state index is 5.73. The zero-order chi connectivity index (χ0) is 17.9. The van der Waals surface area contributed by atoms with E-state index in [0.717, 1.165) is 64.7 Å². The van der Waals surface area contributed by atoms with Crippen LogP contribution in [-0.2, 0) is 15.9 Å². The van der Waals surface area contributed by atoms with Crippen LogP contribution >= 0.6 is 35.3 Å². The van der Waals surface area contributed by atoms with E-state index in [-0.39, 0.29) is 24.0 Å². The number of aliphatic imine (C=N–C) groups is 1. The molecule has 2 unspecified atom stereocenters. The van der Waals surface area contributed by atoms with Gasteiger partial charge in [0.2, 0.25) is 0 Å². The number of rotatable bonds is 10. The number of hydrogen-bond donors (Lipinski definition) is 2. The molecule has 2 N–H and O–H groups in total. The topological polar surface area (TPSA) is 54.9 Å². The zero-order valence-corrected chi connectivity index (χ0v) is 19.4. The minimum Gasteiger partial charge on any atom is -0.381 e. The fraction of sp³-hybridized carbons (Fsp3) is 0.737. The Morgan fingerprint density at radius 3 is 2.96 bits per heavy atom. The third kappa shape index (κ3) is 9.53. The highest BCUT2D eigenvalue weighted by Crippen LogP contribution is 2.16. The van der Waals surface area contributed by atoms with Crippen LogP contribution in [-0.4, -0.2) is 51.5 Å². The molecule has 0 spiro atoms. The molecule has 0 bridgehead atoms. The van der Waals surface area contributed by atoms with Gasteiger partial charge in [0.05, 0.1) is 13.2 Å². The van der Waals surface area contributed by atoms with Crippen molar-refractivity contribution in [3.63, 3.8) is 0 Å². The second-order valence-corrected chi connectivity index (χ2v) is 8.05. The van der Waals surface area contributed by atoms with Crippen LogP contribution in [0.4, 0.5) is 0 Å². The van der Waals surface area contributed by atoms with Gasteiger partial charge < -0.3 is 20.1 Å². The maximum Gasteiger partial charge on any atom is 0.191 e. The molecule has 7 heteroatoms. The molecule has 26 heavy (non-hydrogen) atoms. The molecule has 1 aliphatic heterocycles. The predicted octanol–water partition coefficient (Wildman–Crippen LogP) is 3.60. The molecule has 2 heterocycles. The third-order valence-corrected chi connectivity index (χ3v) is 5.15. The Kier molecular flexibility index (Phi) is 12.5. The summed E-state index contributed by atoms with van der Waals surface area (Å²) in [4.78, 5) is 7.44. The Labute approximate surface area is 179 Å². The smallest absolute Gasteiger partial charge is 0.191 e. The van der Waals surface area contributed by atoms with E-state index in [1.165, 1.54) is 9.75 Å². The van der Waals surface area contributed by atoms with Gasteiger partial charge in [-0.25, -0.2) is 0 Å². The summed E-state index contributed by atoms with van der Waals surface area (Å²) in [5.41, 5.74) is 0. The molecular weight excluding hydrogens is 461 g/mol. The van der Waals surface area contributed by atoms with E-state index in [9.17, 15) is 0 Å². The molecule has 0 aliphatic carbocycles. The highest BCUT2D eigenvalue weighted by molar-refractivity contribution is 14.0. The van der Waals surface area contributed by atoms with Crippen LogP contribution < -0.4 is 10.6 Å². The summed E-state index contributed by atoms with van der Waals surface area (Å²) in [6.45, 7) is 11.4. The molecule has 0 aromatic carbocycles. The molecule has 1 aliphatic rings. The van der Waals surface area contributed by atoms with Gasteiger partial charge in [0.25, 0.3) is 0 Å². The van der Waals surface area contributed by atoms with Crippen molar-refractivity contribution in [2.24, 2.45) is 10.9 Å². The molecule has 0 amide bonds. The first-order valence-electron chi connectivity index (χ1n) is 9.43. The number of guanidine groups is 1. The first-order chi connectivity index (χ1) is 12.2. The number of halogens is 1. The van der Waals surface area contributed by atoms with Gasteiger partial charge in [-0.15, -0.1) is 35.3 Å². The molecule has 1 saturated heterocycles. The standard InChI is InChI=1S/C19H33N3O2S.HI/c1-4-20-19(22-15(2)12-18-7-6-16(3)25-18)21-9-5-10-23-13-17-8-11-24-14-17;/h6-7,15,17H,4-5,8-14H2,1-3H3,(H2,20,21,22);1H. The minimum absolute atomic E-state index is 0. The zero-order valence-electron chi connectivity index (χ0n) is 16.3. The van der Waals surface area contributed by atoms with Crippen LogP contribution in [0.3, 0.4) is 0 Å². The fourth-order valence-electron chi connectivity index (χ4n) is 2.82. The number of nitrogens with one attached hydrogen (secondary N) is 2. The molecule has 0 radical (unpaired) electrons. The summed E-state index contributed by atoms with van der Waals surface area (Å²) >= 11 is 1.87. The SMILES string of the molecule is CCNC(=NCCCOCC1CCOC1)NC(C)Cc1ccc(C)s1.I. The molecule has 0 saturated carbocycles. The lowest BCUT2D eigenvalue weighted by atomic mass is 10.1. The van der Waals surface area contributed by atoms with Crippen LogP contribution in [0.2, 0.25) is 0 Å². The van der Waals surface area contributed by atoms with E-state index in [1.807, 2.05) is 11.3 Å². The first-order valence-corrected chi connectivity index (χ1v) is 10.2. The van der Waals surface area contributed by atoms with Crippen molar-refractivity contribution < 1.29 is 9.47 Å². The van der Waals surface area contributed by atoms with Gasteiger partial charge in [-0.05, 0) is 45.7 Å². The van der Waals surface area contributed by atoms with E-state index >= 15 is 0 Å². The molecule has 2 rings (SSSR count). The number of hydrogen-bond acceptors (Lipinski definition) is 4. The van der Waals surface area contributed by atoms with Gasteiger partial charge in [-0.2, -0.15) is 0 Å². The van der Waals surface area contributed by atoms with Crippen molar-refractivity contribution in [2.45, 2.75) is 46.1 Å². The summed E-state index contributed by atoms with van der Waals surface area (Å²) in [6.07, 6.45) is 3.10. The Hall–Kier alpha value is -0.380. The van der Waals surface area contributed by atoms with E-state index in [1.54, 1.807) is 0 Å². The van der Waals surface area contributed by atoms with Crippen molar-refractivity contribution in [1.29, 1.82) is 0 Å². The number of nitrogens with zero attached hydrogens (tertiary/aromatic N) is 1. The molecule has 150 valence electrons. The van der Waals surface area contributed by atoms with Crippen LogP contribution in [0.1, 0.15) is 36.4 Å². The van der Waals surface area contributed by atoms with Crippen LogP contribution in [0.15, 0.2) is 17.1 Å². The lowest BCUT2D eigenvalue weighted by molar-refractivity contribution is 0.0893. The Morgan fingerprint density at radius 2 is 2.31 bits per heavy atom. The van der Waals surface area contributed by atoms with Crippen LogP contribution in [0.5, 0.6) is 0 Å². The Balaban J connectivity index is 0.00000338. The summed E-state index contributed by atoms with van der Waals surface area (Å²) < 4.78 is 11.1. The average Bonchev–Trinajstić information content (AvgIpc) is 3.22. The van der Waals surface area contributed by atoms with Gasteiger partial charge in [-0.1, -0.05) is 0 Å². The summed E-state index contributed by atoms with van der Waals surface area (Å²) in [5.74, 6) is 1.48. The van der Waals surface area contributed by atoms with Gasteiger partial charge in [0.1, 0.15) is 0 Å². The number of thiophene rings is 1. The van der Waals surface area contributed by atoms with Gasteiger partial charge in [0.15, 0.2) is 5.96 Å². The highest BCUT2D eigenvalue weighted by atomic mass is 127. The normalized spacial score (nSPS) is 18.4. The van der Waals surface area contributed by atoms with E-state index in [2.05, 4.69) is 48.5 Å². The quantitative estimate of drug-likeness (QED) is 0.226. The Morgan fingerprint density at radius 1 is 1.46 bits per heavy atom. The van der Waals surface area contributed by atoms with E-state index in [4.69, 9.17) is 9.47 Å². The lowest BCUT2D eigenvalue weighted by Crippen LogP contribution is -2.43. The third-order valence-electron chi connectivity index (χ3n) is 4.12. The summed E-state index contributed by atoms with van der Waals surface area (Å²) in [5, 5.41) is 6.82. The van der Waals surface area contributed by atoms with Crippen molar-refractivity contribution in [1.82, 2.24) is 10.6 Å². The van der Waals surface area contributed by atoms with Crippen molar-refractivity contribution in [3.05, 3.63) is 21.9 Å². The summed E-state index contributed by atoms with van der Waals surface area (Å²) in [6, 6.07) is 4.76. The van der Waals surface area contributed by atoms with Gasteiger partial charge >= 0.3 is 0 Å². The minimum atomic E-state index is 0. The molecule has 1 aromatic rings. The van der Waals surface area contributed by atoms with Gasteiger partial charge in [0, 0.05) is 54.4 Å². The molecule has 1 fully saturated rings. The van der Waals surface area contributed by atoms with E-state index in [0.29, 0.717) is 12.0 Å². The predicted molar refractivity (Wildman–Crippen MR) is 121 cm³/mol. The van der Waals surface area contributed by atoms with Crippen molar-refractivity contribution in [3.8, 4) is 0 Å². The van der Waals surface area contributed by atoms with Crippen molar-refractivity contribution in [2.75, 3.05) is 39.5 Å². The highest BCUT2D eigenvalue weighted by Gasteiger charge is 2.15. The number of aryl methyl sites for hydroxylation is 1. The first kappa shape index (κ1) is 23.7. The second kappa shape index (κ2) is 13.7. The van der Waals surface area contributed by atoms with Crippen LogP contribution in [0, 0.1) is 12.8 Å². The Bertz CT molecular complexity index is 519. The molecular formula is C19H34IN3O2S. The monoisotopic (exact) mass is 495 g/mol. The second-order valence-electron chi connectivity index (χ2n) is 6.68.